The van der Waals surface area contributed by atoms with Gasteiger partial charge < -0.3 is 13.7 Å². The lowest BCUT2D eigenvalue weighted by Gasteiger charge is -2.13. The monoisotopic (exact) mass is 727 g/mol. The minimum absolute atomic E-state index is 1.04. The fourth-order valence-electron chi connectivity index (χ4n) is 9.52. The molecule has 0 fully saturated rings. The highest BCUT2D eigenvalue weighted by Crippen LogP contribution is 2.41. The van der Waals surface area contributed by atoms with Crippen molar-refractivity contribution >= 4 is 60.6 Å². The smallest absolute Gasteiger partial charge is 0.0541 e. The van der Waals surface area contributed by atoms with Gasteiger partial charge in [-0.05, 0) is 126 Å². The maximum absolute atomic E-state index is 2.47. The van der Waals surface area contributed by atoms with E-state index in [1.807, 2.05) is 0 Å². The molecule has 0 saturated heterocycles. The van der Waals surface area contributed by atoms with Gasteiger partial charge in [-0.2, -0.15) is 0 Å². The van der Waals surface area contributed by atoms with Crippen LogP contribution in [-0.2, 0) is 6.42 Å². The zero-order valence-electron chi connectivity index (χ0n) is 31.3. The van der Waals surface area contributed by atoms with Crippen LogP contribution in [0.25, 0.3) is 99.9 Å². The third kappa shape index (κ3) is 4.92. The summed E-state index contributed by atoms with van der Waals surface area (Å²) in [6.45, 7) is 0. The number of aromatic nitrogens is 3. The molecule has 1 aliphatic rings. The van der Waals surface area contributed by atoms with Crippen molar-refractivity contribution in [3.05, 3.63) is 205 Å². The Kier molecular flexibility index (Phi) is 7.05. The molecule has 0 aliphatic heterocycles. The van der Waals surface area contributed by atoms with Gasteiger partial charge in [-0.1, -0.05) is 109 Å². The van der Waals surface area contributed by atoms with E-state index in [4.69, 9.17) is 0 Å². The number of fused-ring (bicyclic) bond motifs is 9. The van der Waals surface area contributed by atoms with Crippen molar-refractivity contribution in [2.75, 3.05) is 0 Å². The summed E-state index contributed by atoms with van der Waals surface area (Å²) in [6.07, 6.45) is 6.77. The molecular weight excluding hydrogens is 691 g/mol. The third-order valence-electron chi connectivity index (χ3n) is 12.1. The molecule has 3 heterocycles. The Balaban J connectivity index is 1.05. The maximum Gasteiger partial charge on any atom is 0.0541 e. The van der Waals surface area contributed by atoms with Gasteiger partial charge in [0.25, 0.3) is 0 Å². The van der Waals surface area contributed by atoms with E-state index >= 15 is 0 Å². The molecule has 3 nitrogen and oxygen atoms in total. The van der Waals surface area contributed by atoms with Crippen LogP contribution in [-0.4, -0.2) is 13.7 Å². The maximum atomic E-state index is 2.47. The molecule has 3 aromatic heterocycles. The minimum Gasteiger partial charge on any atom is -0.313 e. The predicted molar refractivity (Wildman–Crippen MR) is 240 cm³/mol. The van der Waals surface area contributed by atoms with Crippen LogP contribution in [0, 0.1) is 0 Å². The molecular formula is C54H37N3. The lowest BCUT2D eigenvalue weighted by atomic mass is 9.97. The van der Waals surface area contributed by atoms with Crippen LogP contribution in [0.2, 0.25) is 0 Å². The summed E-state index contributed by atoms with van der Waals surface area (Å²) in [4.78, 5) is 0. The average Bonchev–Trinajstić information content (AvgIpc) is 3.92. The van der Waals surface area contributed by atoms with Crippen LogP contribution >= 0.6 is 0 Å². The fourth-order valence-corrected chi connectivity index (χ4v) is 9.52. The van der Waals surface area contributed by atoms with Crippen LogP contribution in [0.15, 0.2) is 194 Å². The van der Waals surface area contributed by atoms with E-state index < -0.39 is 0 Å². The molecule has 11 aromatic rings. The highest BCUT2D eigenvalue weighted by atomic mass is 15.0. The SMILES string of the molecule is C1=Cc2c(n(-c3ccccc3)c3ccc(-c4ccc5c(c4)c4cc(-c6ccc7c(c6)c6ccccc6n7-c6ccccc6)ccc4n5-c4ccccc4)cc23)CC1. The number of benzene rings is 8. The van der Waals surface area contributed by atoms with Gasteiger partial charge in [0.05, 0.1) is 27.6 Å². The predicted octanol–water partition coefficient (Wildman–Crippen LogP) is 14.1. The third-order valence-corrected chi connectivity index (χ3v) is 12.1. The number of nitrogens with zero attached hydrogens (tertiary/aromatic N) is 3. The summed E-state index contributed by atoms with van der Waals surface area (Å²) in [7, 11) is 0. The van der Waals surface area contributed by atoms with Crippen LogP contribution in [0.4, 0.5) is 0 Å². The second-order valence-corrected chi connectivity index (χ2v) is 15.3. The molecule has 268 valence electrons. The van der Waals surface area contributed by atoms with E-state index in [0.29, 0.717) is 0 Å². The van der Waals surface area contributed by atoms with E-state index in [9.17, 15) is 0 Å². The molecule has 1 aliphatic carbocycles. The second-order valence-electron chi connectivity index (χ2n) is 15.3. The summed E-state index contributed by atoms with van der Waals surface area (Å²) in [5, 5.41) is 6.32. The van der Waals surface area contributed by atoms with Crippen LogP contribution in [0.5, 0.6) is 0 Å². The van der Waals surface area contributed by atoms with Gasteiger partial charge in [0.15, 0.2) is 0 Å². The van der Waals surface area contributed by atoms with Gasteiger partial charge in [-0.25, -0.2) is 0 Å². The summed E-state index contributed by atoms with van der Waals surface area (Å²) in [5.41, 5.74) is 17.3. The Morgan fingerprint density at radius 3 is 1.21 bits per heavy atom. The summed E-state index contributed by atoms with van der Waals surface area (Å²) >= 11 is 0. The topological polar surface area (TPSA) is 14.8 Å². The van der Waals surface area contributed by atoms with Crippen molar-refractivity contribution in [1.82, 2.24) is 13.7 Å². The summed E-state index contributed by atoms with van der Waals surface area (Å²) < 4.78 is 7.26. The van der Waals surface area contributed by atoms with E-state index in [-0.39, 0.29) is 0 Å². The Hall–Kier alpha value is -7.36. The molecule has 0 unspecified atom stereocenters. The van der Waals surface area contributed by atoms with Gasteiger partial charge in [0.2, 0.25) is 0 Å². The normalized spacial score (nSPS) is 12.7. The van der Waals surface area contributed by atoms with Crippen molar-refractivity contribution in [2.24, 2.45) is 0 Å². The largest absolute Gasteiger partial charge is 0.313 e. The Morgan fingerprint density at radius 2 is 0.702 bits per heavy atom. The van der Waals surface area contributed by atoms with E-state index in [0.717, 1.165) is 18.5 Å². The number of hydrogen-bond acceptors (Lipinski definition) is 0. The first-order chi connectivity index (χ1) is 28.3. The molecule has 3 heteroatoms. The molecule has 12 rings (SSSR count). The van der Waals surface area contributed by atoms with Crippen molar-refractivity contribution in [3.63, 3.8) is 0 Å². The van der Waals surface area contributed by atoms with Gasteiger partial charge >= 0.3 is 0 Å². The first-order valence-corrected chi connectivity index (χ1v) is 19.9. The Labute approximate surface area is 330 Å². The van der Waals surface area contributed by atoms with E-state index in [1.165, 1.54) is 99.4 Å². The van der Waals surface area contributed by atoms with E-state index in [1.54, 1.807) is 0 Å². The van der Waals surface area contributed by atoms with Crippen LogP contribution < -0.4 is 0 Å². The number of allylic oxidation sites excluding steroid dienone is 1. The standard InChI is InChI=1S/C54H37N3/c1-4-14-40(15-5-1)55-49-22-12-10-20-43(49)45-32-36(24-28-51(45)55)38-26-30-53-47(34-38)48-35-39(27-31-54(48)57(53)42-18-8-3-9-19-42)37-25-29-52-46(33-37)44-21-11-13-23-50(44)56(52)41-16-6-2-7-17-41/h1-12,14-22,24-35H,13,23H2. The molecule has 0 bridgehead atoms. The molecule has 0 radical (unpaired) electrons. The number of rotatable bonds is 5. The van der Waals surface area contributed by atoms with Crippen LogP contribution in [0.1, 0.15) is 17.7 Å². The zero-order chi connectivity index (χ0) is 37.5. The van der Waals surface area contributed by atoms with Gasteiger partial charge in [0.1, 0.15) is 0 Å². The van der Waals surface area contributed by atoms with Gasteiger partial charge in [-0.3, -0.25) is 0 Å². The van der Waals surface area contributed by atoms with Gasteiger partial charge in [0, 0.05) is 55.3 Å². The quantitative estimate of drug-likeness (QED) is 0.168. The Morgan fingerprint density at radius 1 is 0.316 bits per heavy atom. The number of para-hydroxylation sites is 4. The summed E-state index contributed by atoms with van der Waals surface area (Å²) in [5.74, 6) is 0. The minimum atomic E-state index is 1.04. The molecule has 0 atom stereocenters. The molecule has 0 spiro atoms. The highest BCUT2D eigenvalue weighted by molar-refractivity contribution is 6.13. The fraction of sp³-hybridized carbons (Fsp3) is 0.0370. The highest BCUT2D eigenvalue weighted by Gasteiger charge is 2.21. The average molecular weight is 728 g/mol. The molecule has 0 saturated carbocycles. The van der Waals surface area contributed by atoms with Crippen molar-refractivity contribution in [2.45, 2.75) is 12.8 Å². The lowest BCUT2D eigenvalue weighted by molar-refractivity contribution is 0.888. The second kappa shape index (κ2) is 12.6. The van der Waals surface area contributed by atoms with Crippen molar-refractivity contribution in [3.8, 4) is 39.3 Å². The van der Waals surface area contributed by atoms with Crippen molar-refractivity contribution < 1.29 is 0 Å². The van der Waals surface area contributed by atoms with Gasteiger partial charge in [-0.15, -0.1) is 0 Å². The summed E-state index contributed by atoms with van der Waals surface area (Å²) in [6, 6.07) is 69.0. The lowest BCUT2D eigenvalue weighted by Crippen LogP contribution is -2.02. The van der Waals surface area contributed by atoms with Crippen molar-refractivity contribution in [1.29, 1.82) is 0 Å². The molecule has 0 N–H and O–H groups in total. The first-order valence-electron chi connectivity index (χ1n) is 19.9. The Bertz CT molecular complexity index is 3380. The first kappa shape index (κ1) is 31.9. The zero-order valence-corrected chi connectivity index (χ0v) is 31.3. The molecule has 0 amide bonds. The van der Waals surface area contributed by atoms with E-state index in [2.05, 4.69) is 214 Å². The molecule has 8 aromatic carbocycles. The number of hydrogen-bond donors (Lipinski definition) is 0. The molecule has 57 heavy (non-hydrogen) atoms. The van der Waals surface area contributed by atoms with Crippen LogP contribution in [0.3, 0.4) is 0 Å².